The number of halogens is 3. The van der Waals surface area contributed by atoms with Crippen LogP contribution in [0.1, 0.15) is 37.8 Å². The van der Waals surface area contributed by atoms with Gasteiger partial charge in [0.05, 0.1) is 30.9 Å². The zero-order valence-electron chi connectivity index (χ0n) is 16.9. The van der Waals surface area contributed by atoms with E-state index in [1.807, 2.05) is 19.9 Å². The van der Waals surface area contributed by atoms with Crippen LogP contribution in [0.4, 0.5) is 24.9 Å². The van der Waals surface area contributed by atoms with E-state index in [-0.39, 0.29) is 35.4 Å². The molecule has 166 valence electrons. The molecule has 0 saturated heterocycles. The Labute approximate surface area is 176 Å². The van der Waals surface area contributed by atoms with Crippen LogP contribution in [0.3, 0.4) is 0 Å². The largest absolute Gasteiger partial charge is 0.477 e. The Kier molecular flexibility index (Phi) is 6.45. The molecule has 0 radical (unpaired) electrons. The third-order valence-corrected chi connectivity index (χ3v) is 5.24. The van der Waals surface area contributed by atoms with Gasteiger partial charge >= 0.3 is 6.18 Å². The number of hydrogen-bond donors (Lipinski definition) is 3. The molecule has 12 heteroatoms. The van der Waals surface area contributed by atoms with Crippen LogP contribution in [-0.4, -0.2) is 50.0 Å². The van der Waals surface area contributed by atoms with Crippen molar-refractivity contribution < 1.29 is 23.0 Å². The Bertz CT molecular complexity index is 962. The molecular weight excluding hydrogens is 415 g/mol. The molecular formula is C19H22F3N7O2. The zero-order valence-corrected chi connectivity index (χ0v) is 16.9. The number of aliphatic hydroxyl groups excluding tert-OH is 1. The minimum atomic E-state index is -4.32. The fourth-order valence-corrected chi connectivity index (χ4v) is 3.01. The molecule has 0 unspecified atom stereocenters. The fourth-order valence-electron chi connectivity index (χ4n) is 3.01. The zero-order chi connectivity index (χ0) is 22.6. The second-order valence-electron chi connectivity index (χ2n) is 7.76. The minimum absolute atomic E-state index is 0.0314. The Morgan fingerprint density at radius 1 is 1.32 bits per heavy atom. The van der Waals surface area contributed by atoms with Crippen molar-refractivity contribution in [2.45, 2.75) is 51.6 Å². The van der Waals surface area contributed by atoms with Crippen LogP contribution in [-0.2, 0) is 6.54 Å². The number of rotatable bonds is 8. The molecule has 3 rings (SSSR count). The van der Waals surface area contributed by atoms with E-state index >= 15 is 0 Å². The van der Waals surface area contributed by atoms with E-state index in [0.29, 0.717) is 17.8 Å². The van der Waals surface area contributed by atoms with Crippen LogP contribution in [0, 0.1) is 16.7 Å². The molecule has 1 saturated carbocycles. The van der Waals surface area contributed by atoms with Crippen LogP contribution < -0.4 is 15.4 Å². The summed E-state index contributed by atoms with van der Waals surface area (Å²) < 4.78 is 42.1. The SMILES string of the molecule is CC1(C)[C@H](O)C[C@H]1Nc1nc(NCc2cncnc2OCCC(F)(F)F)ncc1C#N. The van der Waals surface area contributed by atoms with Gasteiger partial charge in [-0.1, -0.05) is 13.8 Å². The first kappa shape index (κ1) is 22.5. The molecule has 0 aromatic carbocycles. The van der Waals surface area contributed by atoms with E-state index in [0.717, 1.165) is 0 Å². The lowest BCUT2D eigenvalue weighted by Gasteiger charge is -2.49. The highest BCUT2D eigenvalue weighted by Gasteiger charge is 2.47. The topological polar surface area (TPSA) is 129 Å². The van der Waals surface area contributed by atoms with Crippen LogP contribution in [0.15, 0.2) is 18.7 Å². The lowest BCUT2D eigenvalue weighted by Crippen LogP contribution is -2.57. The number of hydrogen-bond acceptors (Lipinski definition) is 9. The maximum absolute atomic E-state index is 12.3. The predicted molar refractivity (Wildman–Crippen MR) is 104 cm³/mol. The van der Waals surface area contributed by atoms with Gasteiger partial charge in [0.1, 0.15) is 23.8 Å². The van der Waals surface area contributed by atoms with E-state index in [1.54, 1.807) is 0 Å². The molecule has 3 N–H and O–H groups in total. The third kappa shape index (κ3) is 5.49. The minimum Gasteiger partial charge on any atom is -0.477 e. The second kappa shape index (κ2) is 8.89. The normalized spacial score (nSPS) is 19.8. The van der Waals surface area contributed by atoms with E-state index in [1.165, 1.54) is 18.7 Å². The molecule has 2 aromatic heterocycles. The van der Waals surface area contributed by atoms with Crippen LogP contribution in [0.5, 0.6) is 5.88 Å². The number of aromatic nitrogens is 4. The first-order valence-electron chi connectivity index (χ1n) is 9.54. The Morgan fingerprint density at radius 2 is 2.10 bits per heavy atom. The summed E-state index contributed by atoms with van der Waals surface area (Å²) in [5.74, 6) is 0.559. The number of ether oxygens (including phenoxy) is 1. The average Bonchev–Trinajstić information content (AvgIpc) is 2.72. The summed E-state index contributed by atoms with van der Waals surface area (Å²) in [4.78, 5) is 16.2. The Balaban J connectivity index is 1.67. The molecule has 0 bridgehead atoms. The van der Waals surface area contributed by atoms with Crippen LogP contribution in [0.2, 0.25) is 0 Å². The highest BCUT2D eigenvalue weighted by atomic mass is 19.4. The van der Waals surface area contributed by atoms with Crippen molar-refractivity contribution in [3.05, 3.63) is 29.8 Å². The molecule has 2 aromatic rings. The lowest BCUT2D eigenvalue weighted by atomic mass is 9.64. The monoisotopic (exact) mass is 437 g/mol. The number of alkyl halides is 3. The van der Waals surface area contributed by atoms with Crippen molar-refractivity contribution in [3.8, 4) is 11.9 Å². The average molecular weight is 437 g/mol. The summed E-state index contributed by atoms with van der Waals surface area (Å²) in [6.45, 7) is 3.38. The number of nitrogens with zero attached hydrogens (tertiary/aromatic N) is 5. The quantitative estimate of drug-likeness (QED) is 0.571. The van der Waals surface area contributed by atoms with Gasteiger partial charge in [0, 0.05) is 24.2 Å². The van der Waals surface area contributed by atoms with Crippen molar-refractivity contribution in [1.82, 2.24) is 19.9 Å². The summed E-state index contributed by atoms with van der Waals surface area (Å²) in [5.41, 5.74) is 0.312. The number of anilines is 2. The van der Waals surface area contributed by atoms with E-state index < -0.39 is 25.3 Å². The molecule has 1 aliphatic carbocycles. The molecule has 31 heavy (non-hydrogen) atoms. The maximum Gasteiger partial charge on any atom is 0.392 e. The molecule has 0 amide bonds. The van der Waals surface area contributed by atoms with Gasteiger partial charge in [-0.3, -0.25) is 0 Å². The van der Waals surface area contributed by atoms with Crippen molar-refractivity contribution in [1.29, 1.82) is 5.26 Å². The van der Waals surface area contributed by atoms with E-state index in [9.17, 15) is 23.5 Å². The summed E-state index contributed by atoms with van der Waals surface area (Å²) in [5, 5.41) is 25.4. The van der Waals surface area contributed by atoms with Gasteiger partial charge in [0.2, 0.25) is 11.8 Å². The molecule has 2 atom stereocenters. The van der Waals surface area contributed by atoms with Gasteiger partial charge in [-0.15, -0.1) is 0 Å². The van der Waals surface area contributed by atoms with Gasteiger partial charge < -0.3 is 20.5 Å². The predicted octanol–water partition coefficient (Wildman–Crippen LogP) is 2.65. The maximum atomic E-state index is 12.3. The van der Waals surface area contributed by atoms with E-state index in [4.69, 9.17) is 4.74 Å². The standard InChI is InChI=1S/C19H22F3N7O2/c1-18(2)13(5-14(18)30)28-15-11(6-23)8-25-17(29-15)26-9-12-7-24-10-27-16(12)31-4-3-19(20,21)22/h7-8,10,13-14,30H,3-5,9H2,1-2H3,(H2,25,26,28,29)/t13-,14-/m1/s1. The van der Waals surface area contributed by atoms with Gasteiger partial charge in [0.25, 0.3) is 0 Å². The van der Waals surface area contributed by atoms with Crippen molar-refractivity contribution in [3.63, 3.8) is 0 Å². The van der Waals surface area contributed by atoms with Crippen molar-refractivity contribution in [2.75, 3.05) is 17.2 Å². The first-order valence-corrected chi connectivity index (χ1v) is 9.54. The first-order chi connectivity index (χ1) is 14.6. The summed E-state index contributed by atoms with van der Waals surface area (Å²) in [6.07, 6.45) is -1.36. The number of nitriles is 1. The highest BCUT2D eigenvalue weighted by Crippen LogP contribution is 2.42. The molecule has 1 aliphatic rings. The van der Waals surface area contributed by atoms with Gasteiger partial charge in [-0.25, -0.2) is 15.0 Å². The van der Waals surface area contributed by atoms with Crippen molar-refractivity contribution in [2.24, 2.45) is 5.41 Å². The highest BCUT2D eigenvalue weighted by molar-refractivity contribution is 5.54. The number of nitrogens with one attached hydrogen (secondary N) is 2. The third-order valence-electron chi connectivity index (χ3n) is 5.24. The molecule has 0 aliphatic heterocycles. The Hall–Kier alpha value is -3.20. The summed E-state index contributed by atoms with van der Waals surface area (Å²) in [6, 6.07) is 1.96. The number of aliphatic hydroxyl groups is 1. The molecule has 0 spiro atoms. The summed E-state index contributed by atoms with van der Waals surface area (Å²) in [7, 11) is 0. The van der Waals surface area contributed by atoms with Gasteiger partial charge in [-0.2, -0.15) is 23.4 Å². The molecule has 1 fully saturated rings. The smallest absolute Gasteiger partial charge is 0.392 e. The van der Waals surface area contributed by atoms with Crippen molar-refractivity contribution >= 4 is 11.8 Å². The van der Waals surface area contributed by atoms with Gasteiger partial charge in [0.15, 0.2) is 0 Å². The van der Waals surface area contributed by atoms with E-state index in [2.05, 4.69) is 30.6 Å². The van der Waals surface area contributed by atoms with Crippen LogP contribution >= 0.6 is 0 Å². The van der Waals surface area contributed by atoms with Gasteiger partial charge in [-0.05, 0) is 6.42 Å². The Morgan fingerprint density at radius 3 is 2.74 bits per heavy atom. The fraction of sp³-hybridized carbons (Fsp3) is 0.526. The van der Waals surface area contributed by atoms with Crippen LogP contribution in [0.25, 0.3) is 0 Å². The summed E-state index contributed by atoms with van der Waals surface area (Å²) >= 11 is 0. The lowest BCUT2D eigenvalue weighted by molar-refractivity contribution is -0.139. The molecule has 9 nitrogen and oxygen atoms in total. The molecule has 2 heterocycles. The second-order valence-corrected chi connectivity index (χ2v) is 7.76.